The van der Waals surface area contributed by atoms with Gasteiger partial charge in [-0.25, -0.2) is 4.39 Å². The Bertz CT molecular complexity index is 1010. The molecule has 1 N–H and O–H groups in total. The summed E-state index contributed by atoms with van der Waals surface area (Å²) in [5.41, 5.74) is 0.893. The van der Waals surface area contributed by atoms with Crippen LogP contribution in [0.3, 0.4) is 0 Å². The van der Waals surface area contributed by atoms with E-state index in [0.717, 1.165) is 17.1 Å². The second kappa shape index (κ2) is 9.74. The molecule has 2 amide bonds. The number of nitrogens with one attached hydrogen (secondary N) is 1. The van der Waals surface area contributed by atoms with E-state index < -0.39 is 23.3 Å². The van der Waals surface area contributed by atoms with Crippen molar-refractivity contribution in [3.05, 3.63) is 76.8 Å². The molecule has 7 nitrogen and oxygen atoms in total. The largest absolute Gasteiger partial charge is 0.349 e. The number of halogens is 1. The minimum atomic E-state index is -0.999. The van der Waals surface area contributed by atoms with E-state index in [0.29, 0.717) is 12.0 Å². The first-order chi connectivity index (χ1) is 14.8. The summed E-state index contributed by atoms with van der Waals surface area (Å²) in [4.78, 5) is 32.4. The fourth-order valence-electron chi connectivity index (χ4n) is 2.98. The first-order valence-corrected chi connectivity index (χ1v) is 10.7. The monoisotopic (exact) mass is 441 g/mol. The van der Waals surface area contributed by atoms with Gasteiger partial charge in [0, 0.05) is 29.9 Å². The van der Waals surface area contributed by atoms with Crippen LogP contribution in [-0.2, 0) is 11.3 Å². The van der Waals surface area contributed by atoms with Crippen molar-refractivity contribution >= 4 is 23.3 Å². The van der Waals surface area contributed by atoms with Crippen molar-refractivity contribution in [2.24, 2.45) is 0 Å². The van der Waals surface area contributed by atoms with Gasteiger partial charge in [-0.15, -0.1) is 5.10 Å². The van der Waals surface area contributed by atoms with Gasteiger partial charge in [-0.05, 0) is 61.1 Å². The minimum absolute atomic E-state index is 0.117. The summed E-state index contributed by atoms with van der Waals surface area (Å²) < 4.78 is 17.4. The molecule has 1 aromatic carbocycles. The molecule has 3 rings (SSSR count). The molecule has 0 bridgehead atoms. The van der Waals surface area contributed by atoms with Gasteiger partial charge >= 0.3 is 0 Å². The van der Waals surface area contributed by atoms with Crippen LogP contribution in [0.25, 0.3) is 0 Å². The number of carbonyl (C=O) groups is 2. The van der Waals surface area contributed by atoms with Gasteiger partial charge in [-0.2, -0.15) is 0 Å². The predicted octanol–water partition coefficient (Wildman–Crippen LogP) is 3.76. The summed E-state index contributed by atoms with van der Waals surface area (Å²) in [6, 6.07) is 8.16. The van der Waals surface area contributed by atoms with Crippen LogP contribution in [0.5, 0.6) is 0 Å². The lowest BCUT2D eigenvalue weighted by atomic mass is 9.98. The molecule has 9 heteroatoms. The number of aromatic nitrogens is 3. The van der Waals surface area contributed by atoms with Crippen LogP contribution in [0, 0.1) is 5.82 Å². The highest BCUT2D eigenvalue weighted by Crippen LogP contribution is 2.27. The summed E-state index contributed by atoms with van der Waals surface area (Å²) in [6.07, 6.45) is 3.96. The van der Waals surface area contributed by atoms with Gasteiger partial charge in [-0.1, -0.05) is 29.6 Å². The lowest BCUT2D eigenvalue weighted by molar-refractivity contribution is -0.127. The number of carbonyl (C=O) groups excluding carboxylic acids is 2. The third-order valence-electron chi connectivity index (χ3n) is 5.01. The zero-order valence-electron chi connectivity index (χ0n) is 17.6. The Morgan fingerprint density at radius 3 is 2.55 bits per heavy atom. The van der Waals surface area contributed by atoms with E-state index >= 15 is 0 Å². The van der Waals surface area contributed by atoms with Crippen LogP contribution < -0.4 is 5.32 Å². The third kappa shape index (κ3) is 5.69. The number of rotatable bonds is 8. The number of hydrogen-bond donors (Lipinski definition) is 1. The molecule has 0 aliphatic rings. The van der Waals surface area contributed by atoms with Gasteiger partial charge in [0.25, 0.3) is 5.91 Å². The van der Waals surface area contributed by atoms with E-state index in [1.165, 1.54) is 34.5 Å². The topological polar surface area (TPSA) is 88.1 Å². The predicted molar refractivity (Wildman–Crippen MR) is 116 cm³/mol. The van der Waals surface area contributed by atoms with Gasteiger partial charge in [0.2, 0.25) is 5.91 Å². The maximum absolute atomic E-state index is 13.6. The van der Waals surface area contributed by atoms with Crippen LogP contribution >= 0.6 is 11.5 Å². The van der Waals surface area contributed by atoms with E-state index in [4.69, 9.17) is 0 Å². The van der Waals surface area contributed by atoms with Crippen LogP contribution in [0.1, 0.15) is 54.8 Å². The van der Waals surface area contributed by atoms with Crippen LogP contribution in [0.15, 0.2) is 54.2 Å². The molecule has 162 valence electrons. The minimum Gasteiger partial charge on any atom is -0.349 e. The van der Waals surface area contributed by atoms with Crippen molar-refractivity contribution < 1.29 is 14.0 Å². The Hall–Kier alpha value is -3.20. The molecule has 0 aliphatic carbocycles. The number of hydrogen-bond acceptors (Lipinski definition) is 6. The van der Waals surface area contributed by atoms with Crippen molar-refractivity contribution in [3.63, 3.8) is 0 Å². The van der Waals surface area contributed by atoms with Gasteiger partial charge in [0.05, 0.1) is 0 Å². The van der Waals surface area contributed by atoms with E-state index in [9.17, 15) is 14.0 Å². The Kier molecular flexibility index (Phi) is 7.06. The van der Waals surface area contributed by atoms with Crippen LogP contribution in [0.4, 0.5) is 4.39 Å². The Morgan fingerprint density at radius 1 is 1.23 bits per heavy atom. The molecule has 0 fully saturated rings. The van der Waals surface area contributed by atoms with E-state index in [2.05, 4.69) is 19.9 Å². The lowest BCUT2D eigenvalue weighted by Crippen LogP contribution is -2.50. The average Bonchev–Trinajstić information content (AvgIpc) is 3.29. The van der Waals surface area contributed by atoms with Gasteiger partial charge in [0.15, 0.2) is 5.69 Å². The molecule has 2 aromatic heterocycles. The van der Waals surface area contributed by atoms with Crippen molar-refractivity contribution in [1.29, 1.82) is 0 Å². The zero-order valence-corrected chi connectivity index (χ0v) is 18.4. The Balaban J connectivity index is 2.07. The standard InChI is InChI=1S/C22H24FN5O2S/c1-4-22(2,3)25-20(29)19(16-7-9-17(23)10-8-16)28(13-15-6-5-11-24-12-15)21(30)18-14-31-27-26-18/h5-12,14,19H,4,13H2,1-3H3,(H,25,29). The molecule has 3 aromatic rings. The molecule has 2 heterocycles. The number of amides is 2. The first-order valence-electron chi connectivity index (χ1n) is 9.85. The van der Waals surface area contributed by atoms with Crippen LogP contribution in [-0.4, -0.2) is 36.8 Å². The van der Waals surface area contributed by atoms with Crippen molar-refractivity contribution in [2.45, 2.75) is 45.3 Å². The summed E-state index contributed by atoms with van der Waals surface area (Å²) in [6.45, 7) is 5.90. The molecule has 1 atom stereocenters. The average molecular weight is 442 g/mol. The number of nitrogens with zero attached hydrogens (tertiary/aromatic N) is 4. The highest BCUT2D eigenvalue weighted by Gasteiger charge is 2.35. The molecular formula is C22H24FN5O2S. The maximum atomic E-state index is 13.6. The second-order valence-corrected chi connectivity index (χ2v) is 8.38. The highest BCUT2D eigenvalue weighted by atomic mass is 32.1. The summed E-state index contributed by atoms with van der Waals surface area (Å²) in [7, 11) is 0. The quantitative estimate of drug-likeness (QED) is 0.575. The molecule has 31 heavy (non-hydrogen) atoms. The lowest BCUT2D eigenvalue weighted by Gasteiger charge is -2.34. The fourth-order valence-corrected chi connectivity index (χ4v) is 3.41. The SMILES string of the molecule is CCC(C)(C)NC(=O)C(c1ccc(F)cc1)N(Cc1cccnc1)C(=O)c1csnn1. The van der Waals surface area contributed by atoms with Gasteiger partial charge < -0.3 is 10.2 Å². The van der Waals surface area contributed by atoms with E-state index in [-0.39, 0.29) is 18.1 Å². The van der Waals surface area contributed by atoms with E-state index in [1.807, 2.05) is 26.8 Å². The third-order valence-corrected chi connectivity index (χ3v) is 5.51. The van der Waals surface area contributed by atoms with E-state index in [1.54, 1.807) is 18.5 Å². The summed E-state index contributed by atoms with van der Waals surface area (Å²) in [5, 5.41) is 8.43. The summed E-state index contributed by atoms with van der Waals surface area (Å²) in [5.74, 6) is -1.24. The van der Waals surface area contributed by atoms with Crippen molar-refractivity contribution in [1.82, 2.24) is 24.8 Å². The molecular weight excluding hydrogens is 417 g/mol. The zero-order chi connectivity index (χ0) is 22.4. The Labute approximate surface area is 184 Å². The van der Waals surface area contributed by atoms with Crippen molar-refractivity contribution in [3.8, 4) is 0 Å². The first kappa shape index (κ1) is 22.5. The smallest absolute Gasteiger partial charge is 0.276 e. The second-order valence-electron chi connectivity index (χ2n) is 7.77. The maximum Gasteiger partial charge on any atom is 0.276 e. The normalized spacial score (nSPS) is 12.3. The molecule has 1 unspecified atom stereocenters. The van der Waals surface area contributed by atoms with Gasteiger partial charge in [0.1, 0.15) is 11.9 Å². The van der Waals surface area contributed by atoms with Gasteiger partial charge in [-0.3, -0.25) is 14.6 Å². The molecule has 0 saturated heterocycles. The number of benzene rings is 1. The molecule has 0 aliphatic heterocycles. The highest BCUT2D eigenvalue weighted by molar-refractivity contribution is 7.03. The molecule has 0 spiro atoms. The molecule has 0 radical (unpaired) electrons. The number of pyridine rings is 1. The molecule has 0 saturated carbocycles. The van der Waals surface area contributed by atoms with Crippen molar-refractivity contribution in [2.75, 3.05) is 0 Å². The summed E-state index contributed by atoms with van der Waals surface area (Å²) >= 11 is 1.05. The fraction of sp³-hybridized carbons (Fsp3) is 0.318. The Morgan fingerprint density at radius 2 is 1.97 bits per heavy atom. The van der Waals surface area contributed by atoms with Crippen LogP contribution in [0.2, 0.25) is 0 Å².